The number of benzene rings is 2. The van der Waals surface area contributed by atoms with Crippen LogP contribution in [0.25, 0.3) is 0 Å². The number of rotatable bonds is 16. The van der Waals surface area contributed by atoms with Crippen LogP contribution in [0.2, 0.25) is 0 Å². The second-order valence-corrected chi connectivity index (χ2v) is 12.7. The van der Waals surface area contributed by atoms with Crippen LogP contribution >= 0.6 is 0 Å². The average Bonchev–Trinajstić information content (AvgIpc) is 3.82. The molecule has 0 aliphatic carbocycles. The van der Waals surface area contributed by atoms with Crippen LogP contribution in [0, 0.1) is 0 Å². The molecule has 8 heteroatoms. The van der Waals surface area contributed by atoms with Crippen LogP contribution in [0.5, 0.6) is 5.75 Å². The van der Waals surface area contributed by atoms with Gasteiger partial charge in [-0.15, -0.1) is 0 Å². The zero-order valence-corrected chi connectivity index (χ0v) is 30.5. The second kappa shape index (κ2) is 19.5. The maximum absolute atomic E-state index is 6.02. The van der Waals surface area contributed by atoms with Crippen molar-refractivity contribution in [2.24, 2.45) is 4.99 Å². The zero-order valence-electron chi connectivity index (χ0n) is 30.5. The molecule has 1 fully saturated rings. The van der Waals surface area contributed by atoms with E-state index in [0.717, 1.165) is 81.2 Å². The molecule has 3 aliphatic heterocycles. The molecule has 0 saturated carbocycles. The van der Waals surface area contributed by atoms with Crippen LogP contribution in [-0.2, 0) is 17.6 Å². The Kier molecular flexibility index (Phi) is 14.3. The maximum Gasteiger partial charge on any atom is 0.122 e. The molecule has 1 aromatic heterocycles. The molecule has 2 aromatic carbocycles. The number of nitrogens with one attached hydrogen (secondary N) is 3. The fourth-order valence-electron chi connectivity index (χ4n) is 6.38. The lowest BCUT2D eigenvalue weighted by Crippen LogP contribution is -2.37. The zero-order chi connectivity index (χ0) is 35.8. The predicted molar refractivity (Wildman–Crippen MR) is 212 cm³/mol. The molecule has 0 amide bonds. The molecule has 4 heterocycles. The van der Waals surface area contributed by atoms with E-state index in [-0.39, 0.29) is 6.04 Å². The van der Waals surface area contributed by atoms with E-state index < -0.39 is 0 Å². The Morgan fingerprint density at radius 2 is 1.90 bits per heavy atom. The molecule has 51 heavy (non-hydrogen) atoms. The van der Waals surface area contributed by atoms with Crippen molar-refractivity contribution < 1.29 is 9.47 Å². The SMILES string of the molecule is C=C(CCc1cccc(C2NN3C=CC=CC3=C2/C(C)=C/C=N\C(=C)Nc2cccc(OCCCN3CCOCC3)c2)c1)Cc1ccc[nH]1.CC. The van der Waals surface area contributed by atoms with Gasteiger partial charge < -0.3 is 19.8 Å². The number of aromatic amines is 1. The maximum atomic E-state index is 6.02. The Hall–Kier alpha value is -4.89. The summed E-state index contributed by atoms with van der Waals surface area (Å²) in [6.45, 7) is 19.9. The van der Waals surface area contributed by atoms with E-state index >= 15 is 0 Å². The summed E-state index contributed by atoms with van der Waals surface area (Å²) in [6, 6.07) is 21.0. The topological polar surface area (TPSA) is 77.2 Å². The number of hydrogen-bond acceptors (Lipinski definition) is 7. The van der Waals surface area contributed by atoms with Gasteiger partial charge >= 0.3 is 0 Å². The largest absolute Gasteiger partial charge is 0.493 e. The average molecular weight is 687 g/mol. The van der Waals surface area contributed by atoms with Crippen molar-refractivity contribution in [3.8, 4) is 5.75 Å². The lowest BCUT2D eigenvalue weighted by atomic mass is 9.91. The molecule has 1 saturated heterocycles. The lowest BCUT2D eigenvalue weighted by Gasteiger charge is -2.26. The van der Waals surface area contributed by atoms with Crippen molar-refractivity contribution in [3.63, 3.8) is 0 Å². The highest BCUT2D eigenvalue weighted by Crippen LogP contribution is 2.38. The Morgan fingerprint density at radius 3 is 2.73 bits per heavy atom. The van der Waals surface area contributed by atoms with Gasteiger partial charge in [0.1, 0.15) is 11.6 Å². The van der Waals surface area contributed by atoms with Crippen LogP contribution < -0.4 is 15.5 Å². The second-order valence-electron chi connectivity index (χ2n) is 12.7. The third kappa shape index (κ3) is 11.0. The lowest BCUT2D eigenvalue weighted by molar-refractivity contribution is 0.0358. The van der Waals surface area contributed by atoms with Gasteiger partial charge in [0, 0.05) is 67.7 Å². The number of ether oxygens (including phenoxy) is 2. The van der Waals surface area contributed by atoms with Crippen LogP contribution in [0.4, 0.5) is 5.69 Å². The Labute approximate surface area is 304 Å². The van der Waals surface area contributed by atoms with E-state index in [1.165, 1.54) is 28.0 Å². The van der Waals surface area contributed by atoms with E-state index in [9.17, 15) is 0 Å². The molecule has 0 bridgehead atoms. The standard InChI is InChI=1S/C41H48N6O2.C2H6/c1-31(28-36-13-8-19-43-36)16-17-34-10-6-11-35(29-34)41-40(39-15-4-5-22-47(39)45-41)32(2)18-20-42-33(3)44-37-12-7-14-38(30-37)49-25-9-21-46-23-26-48-27-24-46;1-2/h4-8,10-15,18-20,22,29-30,41,43-45H,1,3,9,16-17,21,23-28H2,2H3;1-2H3/b32-18+,42-20-;. The van der Waals surface area contributed by atoms with E-state index in [1.54, 1.807) is 0 Å². The molecule has 1 atom stereocenters. The molecule has 8 nitrogen and oxygen atoms in total. The summed E-state index contributed by atoms with van der Waals surface area (Å²) in [7, 11) is 0. The molecule has 268 valence electrons. The van der Waals surface area contributed by atoms with E-state index in [1.807, 2.05) is 62.7 Å². The molecule has 3 aromatic rings. The normalized spacial score (nSPS) is 17.4. The smallest absolute Gasteiger partial charge is 0.122 e. The van der Waals surface area contributed by atoms with Crippen molar-refractivity contribution in [1.29, 1.82) is 0 Å². The minimum absolute atomic E-state index is 0.00653. The van der Waals surface area contributed by atoms with E-state index in [2.05, 4.69) is 105 Å². The summed E-state index contributed by atoms with van der Waals surface area (Å²) < 4.78 is 11.5. The van der Waals surface area contributed by atoms with Gasteiger partial charge in [-0.05, 0) is 85.4 Å². The minimum atomic E-state index is 0.00653. The van der Waals surface area contributed by atoms with Crippen LogP contribution in [0.3, 0.4) is 0 Å². The molecule has 3 aliphatic rings. The van der Waals surface area contributed by atoms with Gasteiger partial charge in [0.2, 0.25) is 0 Å². The number of hydrogen-bond donors (Lipinski definition) is 3. The first-order valence-electron chi connectivity index (χ1n) is 18.2. The number of aliphatic imine (C=N–C) groups is 1. The monoisotopic (exact) mass is 686 g/mol. The van der Waals surface area contributed by atoms with Gasteiger partial charge in [-0.2, -0.15) is 0 Å². The van der Waals surface area contributed by atoms with Gasteiger partial charge in [-0.25, -0.2) is 10.4 Å². The van der Waals surface area contributed by atoms with Gasteiger partial charge in [0.15, 0.2) is 0 Å². The van der Waals surface area contributed by atoms with Crippen LogP contribution in [0.15, 0.2) is 144 Å². The Balaban J connectivity index is 0.00000248. The molecule has 6 rings (SSSR count). The number of allylic oxidation sites excluding steroid dienone is 5. The fraction of sp³-hybridized carbons (Fsp3) is 0.326. The van der Waals surface area contributed by atoms with Gasteiger partial charge in [-0.3, -0.25) is 9.91 Å². The molecule has 3 N–H and O–H groups in total. The van der Waals surface area contributed by atoms with Crippen molar-refractivity contribution in [2.45, 2.75) is 52.5 Å². The number of fused-ring (bicyclic) bond motifs is 1. The first-order valence-corrected chi connectivity index (χ1v) is 18.2. The Bertz CT molecular complexity index is 1740. The van der Waals surface area contributed by atoms with E-state index in [0.29, 0.717) is 12.4 Å². The van der Waals surface area contributed by atoms with Crippen molar-refractivity contribution in [1.82, 2.24) is 20.3 Å². The summed E-state index contributed by atoms with van der Waals surface area (Å²) in [5.41, 5.74) is 13.0. The van der Waals surface area contributed by atoms with Gasteiger partial charge in [0.25, 0.3) is 0 Å². The highest BCUT2D eigenvalue weighted by Gasteiger charge is 2.31. The summed E-state index contributed by atoms with van der Waals surface area (Å²) in [5.74, 6) is 1.39. The highest BCUT2D eigenvalue weighted by molar-refractivity contribution is 5.75. The summed E-state index contributed by atoms with van der Waals surface area (Å²) in [4.78, 5) is 10.3. The summed E-state index contributed by atoms with van der Waals surface area (Å²) >= 11 is 0. The molecular weight excluding hydrogens is 633 g/mol. The number of nitrogens with zero attached hydrogens (tertiary/aromatic N) is 3. The molecule has 0 radical (unpaired) electrons. The molecule has 1 unspecified atom stereocenters. The van der Waals surface area contributed by atoms with Crippen molar-refractivity contribution in [3.05, 3.63) is 156 Å². The van der Waals surface area contributed by atoms with Crippen molar-refractivity contribution >= 4 is 11.9 Å². The Morgan fingerprint density at radius 1 is 1.06 bits per heavy atom. The first-order chi connectivity index (χ1) is 25.0. The minimum Gasteiger partial charge on any atom is -0.493 e. The third-order valence-corrected chi connectivity index (χ3v) is 8.94. The number of hydrazine groups is 1. The van der Waals surface area contributed by atoms with Crippen molar-refractivity contribution in [2.75, 3.05) is 44.8 Å². The summed E-state index contributed by atoms with van der Waals surface area (Å²) in [5, 5.41) is 5.41. The highest BCUT2D eigenvalue weighted by atomic mass is 16.5. The van der Waals surface area contributed by atoms with E-state index in [4.69, 9.17) is 9.47 Å². The number of aryl methyl sites for hydroxylation is 1. The number of anilines is 1. The van der Waals surface area contributed by atoms with Gasteiger partial charge in [0.05, 0.1) is 31.6 Å². The number of morpholine rings is 1. The predicted octanol–water partition coefficient (Wildman–Crippen LogP) is 8.67. The van der Waals surface area contributed by atoms with Crippen LogP contribution in [0.1, 0.15) is 56.5 Å². The summed E-state index contributed by atoms with van der Waals surface area (Å²) in [6.07, 6.45) is 18.0. The number of aromatic nitrogens is 1. The first kappa shape index (κ1) is 37.4. The number of H-pyrrole nitrogens is 1. The quantitative estimate of drug-likeness (QED) is 0.0796. The van der Waals surface area contributed by atoms with Crippen LogP contribution in [-0.4, -0.2) is 60.6 Å². The van der Waals surface area contributed by atoms with Gasteiger partial charge in [-0.1, -0.05) is 69.0 Å². The third-order valence-electron chi connectivity index (χ3n) is 8.94. The molecule has 0 spiro atoms. The molecular formula is C43H54N6O2. The fourth-order valence-corrected chi connectivity index (χ4v) is 6.38.